The molecule has 0 aromatic heterocycles. The van der Waals surface area contributed by atoms with Crippen molar-refractivity contribution in [2.75, 3.05) is 6.66 Å². The van der Waals surface area contributed by atoms with Crippen LogP contribution in [0.1, 0.15) is 26.3 Å². The molecule has 106 valence electrons. The minimum atomic E-state index is -2.62. The van der Waals surface area contributed by atoms with Gasteiger partial charge < -0.3 is 9.30 Å². The molecule has 4 nitrogen and oxygen atoms in total. The fourth-order valence-electron chi connectivity index (χ4n) is 1.77. The number of esters is 1. The number of carbonyl (C=O) groups is 1. The lowest BCUT2D eigenvalue weighted by molar-refractivity contribution is -0.148. The second kappa shape index (κ2) is 6.88. The molecule has 0 bridgehead atoms. The van der Waals surface area contributed by atoms with E-state index in [4.69, 9.17) is 4.74 Å². The molecule has 0 aliphatic carbocycles. The number of benzene rings is 1. The number of hydrogen-bond donors (Lipinski definition) is 1. The second-order valence-electron chi connectivity index (χ2n) is 5.08. The Morgan fingerprint density at radius 1 is 1.26 bits per heavy atom. The van der Waals surface area contributed by atoms with Gasteiger partial charge in [0.2, 0.25) is 0 Å². The third-order valence-corrected chi connectivity index (χ3v) is 4.40. The monoisotopic (exact) mass is 283 g/mol. The highest BCUT2D eigenvalue weighted by atomic mass is 31.2. The van der Waals surface area contributed by atoms with Gasteiger partial charge in [0.05, 0.1) is 6.10 Å². The highest BCUT2D eigenvalue weighted by Gasteiger charge is 2.24. The van der Waals surface area contributed by atoms with Crippen molar-refractivity contribution in [1.29, 1.82) is 0 Å². The van der Waals surface area contributed by atoms with Gasteiger partial charge in [-0.2, -0.15) is 0 Å². The standard InChI is InChI=1S/C14H22NO3P/c1-11(2)18-14(16)12(3)15-19(4,17)10-13-8-6-5-7-9-13/h5-9,11-12H,10H2,1-4H3,(H,15,17)/t12-,19-/m1/s1. The van der Waals surface area contributed by atoms with E-state index in [0.717, 1.165) is 5.56 Å². The fraction of sp³-hybridized carbons (Fsp3) is 0.500. The lowest BCUT2D eigenvalue weighted by Gasteiger charge is -2.20. The first-order valence-corrected chi connectivity index (χ1v) is 8.73. The number of nitrogens with one attached hydrogen (secondary N) is 1. The van der Waals surface area contributed by atoms with Crippen LogP contribution in [0.5, 0.6) is 0 Å². The molecule has 0 radical (unpaired) electrons. The molecule has 0 heterocycles. The Bertz CT molecular complexity index is 459. The minimum absolute atomic E-state index is 0.165. The molecule has 1 N–H and O–H groups in total. The molecule has 0 unspecified atom stereocenters. The van der Waals surface area contributed by atoms with Crippen LogP contribution in [0, 0.1) is 0 Å². The average Bonchev–Trinajstić information content (AvgIpc) is 2.27. The zero-order chi connectivity index (χ0) is 14.5. The Balaban J connectivity index is 2.59. The van der Waals surface area contributed by atoms with Crippen molar-refractivity contribution in [1.82, 2.24) is 5.09 Å². The van der Waals surface area contributed by atoms with E-state index in [1.54, 1.807) is 27.4 Å². The van der Waals surface area contributed by atoms with Crippen LogP contribution >= 0.6 is 7.29 Å². The zero-order valence-corrected chi connectivity index (χ0v) is 12.8. The zero-order valence-electron chi connectivity index (χ0n) is 11.9. The van der Waals surface area contributed by atoms with Crippen LogP contribution in [-0.4, -0.2) is 24.8 Å². The first kappa shape index (κ1) is 15.9. The van der Waals surface area contributed by atoms with Gasteiger partial charge in [-0.25, -0.2) is 0 Å². The molecule has 0 saturated heterocycles. The van der Waals surface area contributed by atoms with Crippen molar-refractivity contribution in [2.45, 2.75) is 39.1 Å². The maximum Gasteiger partial charge on any atom is 0.323 e. The summed E-state index contributed by atoms with van der Waals surface area (Å²) >= 11 is 0. The van der Waals surface area contributed by atoms with Crippen LogP contribution in [0.3, 0.4) is 0 Å². The summed E-state index contributed by atoms with van der Waals surface area (Å²) in [5.74, 6) is -0.370. The van der Waals surface area contributed by atoms with Crippen LogP contribution in [-0.2, 0) is 20.3 Å². The van der Waals surface area contributed by atoms with Gasteiger partial charge in [0, 0.05) is 12.8 Å². The van der Waals surface area contributed by atoms with Crippen molar-refractivity contribution >= 4 is 13.3 Å². The Kier molecular flexibility index (Phi) is 5.77. The van der Waals surface area contributed by atoms with E-state index in [9.17, 15) is 9.36 Å². The van der Waals surface area contributed by atoms with E-state index in [-0.39, 0.29) is 12.1 Å². The van der Waals surface area contributed by atoms with Crippen LogP contribution in [0.15, 0.2) is 30.3 Å². The molecule has 0 aliphatic rings. The van der Waals surface area contributed by atoms with E-state index in [2.05, 4.69) is 5.09 Å². The van der Waals surface area contributed by atoms with Gasteiger partial charge in [0.25, 0.3) is 0 Å². The molecule has 0 amide bonds. The summed E-state index contributed by atoms with van der Waals surface area (Å²) < 4.78 is 17.6. The third-order valence-electron chi connectivity index (χ3n) is 2.50. The normalized spacial score (nSPS) is 15.8. The second-order valence-corrected chi connectivity index (χ2v) is 7.86. The molecule has 0 aliphatic heterocycles. The Hall–Kier alpha value is -1.12. The largest absolute Gasteiger partial charge is 0.462 e. The van der Waals surface area contributed by atoms with E-state index in [1.165, 1.54) is 0 Å². The minimum Gasteiger partial charge on any atom is -0.462 e. The highest BCUT2D eigenvalue weighted by Crippen LogP contribution is 2.40. The quantitative estimate of drug-likeness (QED) is 0.644. The molecule has 1 aromatic carbocycles. The first-order valence-electron chi connectivity index (χ1n) is 6.39. The molecule has 1 aromatic rings. The van der Waals surface area contributed by atoms with E-state index >= 15 is 0 Å². The molecule has 5 heteroatoms. The predicted molar refractivity (Wildman–Crippen MR) is 77.5 cm³/mol. The maximum absolute atomic E-state index is 12.5. The van der Waals surface area contributed by atoms with Crippen LogP contribution < -0.4 is 5.09 Å². The van der Waals surface area contributed by atoms with E-state index in [1.807, 2.05) is 30.3 Å². The van der Waals surface area contributed by atoms with E-state index in [0.29, 0.717) is 6.16 Å². The molecule has 0 spiro atoms. The van der Waals surface area contributed by atoms with Gasteiger partial charge in [-0.3, -0.25) is 9.88 Å². The van der Waals surface area contributed by atoms with Crippen molar-refractivity contribution < 1.29 is 14.1 Å². The summed E-state index contributed by atoms with van der Waals surface area (Å²) in [4.78, 5) is 11.7. The van der Waals surface area contributed by atoms with Crippen molar-refractivity contribution in [3.63, 3.8) is 0 Å². The molecule has 0 saturated carbocycles. The number of ether oxygens (including phenoxy) is 1. The molecule has 2 atom stereocenters. The van der Waals surface area contributed by atoms with Crippen LogP contribution in [0.25, 0.3) is 0 Å². The summed E-state index contributed by atoms with van der Waals surface area (Å²) in [6.45, 7) is 6.91. The van der Waals surface area contributed by atoms with Gasteiger partial charge in [-0.1, -0.05) is 30.3 Å². The topological polar surface area (TPSA) is 55.4 Å². The van der Waals surface area contributed by atoms with Crippen molar-refractivity contribution in [3.05, 3.63) is 35.9 Å². The summed E-state index contributed by atoms with van der Waals surface area (Å²) in [6, 6.07) is 9.02. The summed E-state index contributed by atoms with van der Waals surface area (Å²) in [5.41, 5.74) is 0.991. The number of hydrogen-bond acceptors (Lipinski definition) is 3. The summed E-state index contributed by atoms with van der Waals surface area (Å²) in [6.07, 6.45) is 0.259. The van der Waals surface area contributed by atoms with Crippen LogP contribution in [0.4, 0.5) is 0 Å². The summed E-state index contributed by atoms with van der Waals surface area (Å²) in [5, 5.41) is 2.89. The lowest BCUT2D eigenvalue weighted by Crippen LogP contribution is -2.34. The maximum atomic E-state index is 12.5. The smallest absolute Gasteiger partial charge is 0.323 e. The average molecular weight is 283 g/mol. The highest BCUT2D eigenvalue weighted by molar-refractivity contribution is 7.60. The molecule has 1 rings (SSSR count). The summed E-state index contributed by atoms with van der Waals surface area (Å²) in [7, 11) is -2.62. The Morgan fingerprint density at radius 2 is 1.84 bits per heavy atom. The van der Waals surface area contributed by atoms with Gasteiger partial charge >= 0.3 is 5.97 Å². The molecular weight excluding hydrogens is 261 g/mol. The predicted octanol–water partition coefficient (Wildman–Crippen LogP) is 3.02. The van der Waals surface area contributed by atoms with Crippen molar-refractivity contribution in [2.24, 2.45) is 0 Å². The molecular formula is C14H22NO3P. The van der Waals surface area contributed by atoms with Gasteiger partial charge in [0.15, 0.2) is 0 Å². The number of rotatable bonds is 6. The van der Waals surface area contributed by atoms with Gasteiger partial charge in [-0.15, -0.1) is 0 Å². The third kappa shape index (κ3) is 6.04. The number of carbonyl (C=O) groups excluding carboxylic acids is 1. The molecule has 0 fully saturated rings. The SMILES string of the molecule is CC(C)OC(=O)[C@@H](C)N[P@](C)(=O)Cc1ccccc1. The lowest BCUT2D eigenvalue weighted by atomic mass is 10.2. The van der Waals surface area contributed by atoms with E-state index < -0.39 is 13.3 Å². The first-order chi connectivity index (χ1) is 8.80. The van der Waals surface area contributed by atoms with Gasteiger partial charge in [0.1, 0.15) is 13.3 Å². The van der Waals surface area contributed by atoms with Gasteiger partial charge in [-0.05, 0) is 26.3 Å². The Labute approximate surface area is 115 Å². The van der Waals surface area contributed by atoms with Crippen molar-refractivity contribution in [3.8, 4) is 0 Å². The fourth-order valence-corrected chi connectivity index (χ4v) is 3.70. The Morgan fingerprint density at radius 3 is 2.37 bits per heavy atom. The van der Waals surface area contributed by atoms with Crippen LogP contribution in [0.2, 0.25) is 0 Å². The molecule has 19 heavy (non-hydrogen) atoms.